The van der Waals surface area contributed by atoms with Crippen LogP contribution in [0.4, 0.5) is 0 Å². The predicted octanol–water partition coefficient (Wildman–Crippen LogP) is -0.659. The molecule has 2 atom stereocenters. The molecule has 0 aromatic rings. The molecule has 0 amide bonds. The van der Waals surface area contributed by atoms with Gasteiger partial charge in [-0.05, 0) is 6.42 Å². The van der Waals surface area contributed by atoms with Crippen LogP contribution in [0.3, 0.4) is 0 Å². The van der Waals surface area contributed by atoms with Crippen LogP contribution in [0, 0.1) is 5.92 Å². The van der Waals surface area contributed by atoms with E-state index in [4.69, 9.17) is 1.41 Å². The maximum absolute atomic E-state index is 9.28. The van der Waals surface area contributed by atoms with E-state index >= 15 is 0 Å². The molecule has 1 saturated carbocycles. The van der Waals surface area contributed by atoms with Crippen LogP contribution in [-0.2, 0) is 0 Å². The van der Waals surface area contributed by atoms with E-state index in [-0.39, 0.29) is 0 Å². The number of piperidine rings is 1. The van der Waals surface area contributed by atoms with Crippen LogP contribution >= 0.6 is 0 Å². The van der Waals surface area contributed by atoms with E-state index in [0.717, 1.165) is 13.0 Å². The molecule has 0 aromatic carbocycles. The van der Waals surface area contributed by atoms with Crippen LogP contribution in [0.2, 0.25) is 1.41 Å². The zero-order chi connectivity index (χ0) is 5.78. The van der Waals surface area contributed by atoms with Gasteiger partial charge in [0.25, 0.3) is 0 Å². The molecule has 1 heterocycles. The highest BCUT2D eigenvalue weighted by Gasteiger charge is 2.55. The SMILES string of the molecule is [2H]N1CC2CC2(O)C1. The number of fused-ring (bicyclic) bond motifs is 1. The smallest absolute Gasteiger partial charge is 0.122 e. The largest absolute Gasteiger partial charge is 0.388 e. The number of hydrogen-bond acceptors (Lipinski definition) is 2. The Morgan fingerprint density at radius 1 is 2.00 bits per heavy atom. The minimum Gasteiger partial charge on any atom is -0.388 e. The van der Waals surface area contributed by atoms with Crippen LogP contribution < -0.4 is 5.31 Å². The molecule has 0 aromatic heterocycles. The second-order valence-electron chi connectivity index (χ2n) is 2.57. The summed E-state index contributed by atoms with van der Waals surface area (Å²) in [6, 6.07) is 0. The van der Waals surface area contributed by atoms with E-state index < -0.39 is 5.60 Å². The van der Waals surface area contributed by atoms with Crippen LogP contribution in [0.1, 0.15) is 6.42 Å². The Labute approximate surface area is 44.0 Å². The van der Waals surface area contributed by atoms with E-state index in [1.165, 1.54) is 5.31 Å². The Morgan fingerprint density at radius 2 is 2.86 bits per heavy atom. The van der Waals surface area contributed by atoms with Crippen molar-refractivity contribution in [3.63, 3.8) is 0 Å². The van der Waals surface area contributed by atoms with Crippen molar-refractivity contribution in [1.82, 2.24) is 5.31 Å². The first-order valence-electron chi connectivity index (χ1n) is 3.12. The molecule has 40 valence electrons. The molecule has 1 aliphatic heterocycles. The van der Waals surface area contributed by atoms with Crippen molar-refractivity contribution in [3.8, 4) is 0 Å². The quantitative estimate of drug-likeness (QED) is 0.423. The van der Waals surface area contributed by atoms with Gasteiger partial charge >= 0.3 is 0 Å². The second-order valence-corrected chi connectivity index (χ2v) is 2.57. The van der Waals surface area contributed by atoms with E-state index in [1.807, 2.05) is 0 Å². The first-order chi connectivity index (χ1) is 3.71. The molecule has 0 bridgehead atoms. The molecule has 2 rings (SSSR count). The first-order valence-corrected chi connectivity index (χ1v) is 2.67. The molecular weight excluding hydrogens is 90.1 g/mol. The van der Waals surface area contributed by atoms with E-state index in [9.17, 15) is 5.11 Å². The van der Waals surface area contributed by atoms with Gasteiger partial charge in [-0.15, -0.1) is 0 Å². The van der Waals surface area contributed by atoms with Gasteiger partial charge in [0.1, 0.15) is 1.41 Å². The van der Waals surface area contributed by atoms with Crippen LogP contribution in [0.25, 0.3) is 0 Å². The standard InChI is InChI=1S/C5H9NO/c7-5-1-4(5)2-6-3-5/h4,6-7H,1-3H2/i/hD. The fourth-order valence-electron chi connectivity index (χ4n) is 1.21. The number of nitrogens with one attached hydrogen (secondary N) is 1. The summed E-state index contributed by atoms with van der Waals surface area (Å²) in [5, 5.41) is 10.7. The van der Waals surface area contributed by atoms with Gasteiger partial charge < -0.3 is 10.4 Å². The first kappa shape index (κ1) is 3.05. The highest BCUT2D eigenvalue weighted by atomic mass is 16.3. The molecule has 0 spiro atoms. The molecule has 2 fully saturated rings. The topological polar surface area (TPSA) is 32.3 Å². The number of rotatable bonds is 0. The lowest BCUT2D eigenvalue weighted by molar-refractivity contribution is 0.155. The minimum absolute atomic E-state index is 0.429. The summed E-state index contributed by atoms with van der Waals surface area (Å²) >= 11 is 0. The maximum atomic E-state index is 9.28. The van der Waals surface area contributed by atoms with Crippen molar-refractivity contribution in [3.05, 3.63) is 0 Å². The second kappa shape index (κ2) is 0.858. The van der Waals surface area contributed by atoms with Gasteiger partial charge in [0.05, 0.1) is 5.60 Å². The van der Waals surface area contributed by atoms with Crippen molar-refractivity contribution >= 4 is 0 Å². The third-order valence-electron chi connectivity index (χ3n) is 1.93. The summed E-state index contributed by atoms with van der Waals surface area (Å²) in [5.41, 5.74) is -0.429. The van der Waals surface area contributed by atoms with Gasteiger partial charge in [-0.25, -0.2) is 0 Å². The molecule has 2 unspecified atom stereocenters. The Bertz CT molecular complexity index is 130. The van der Waals surface area contributed by atoms with Gasteiger partial charge in [0, 0.05) is 19.0 Å². The predicted molar refractivity (Wildman–Crippen MR) is 25.9 cm³/mol. The molecule has 0 radical (unpaired) electrons. The third-order valence-corrected chi connectivity index (χ3v) is 1.93. The summed E-state index contributed by atoms with van der Waals surface area (Å²) in [7, 11) is 0. The zero-order valence-electron chi connectivity index (χ0n) is 5.09. The molecule has 2 heteroatoms. The summed E-state index contributed by atoms with van der Waals surface area (Å²) in [5.74, 6) is 0.431. The number of hydrogen-bond donors (Lipinski definition) is 2. The average Bonchev–Trinajstić information content (AvgIpc) is 2.07. The zero-order valence-corrected chi connectivity index (χ0v) is 4.09. The van der Waals surface area contributed by atoms with Gasteiger partial charge in [-0.3, -0.25) is 0 Å². The molecule has 2 nitrogen and oxygen atoms in total. The van der Waals surface area contributed by atoms with Gasteiger partial charge in [-0.2, -0.15) is 0 Å². The van der Waals surface area contributed by atoms with Crippen molar-refractivity contribution in [2.45, 2.75) is 12.0 Å². The fraction of sp³-hybridized carbons (Fsp3) is 1.00. The average molecular weight is 100 g/mol. The van der Waals surface area contributed by atoms with E-state index in [1.54, 1.807) is 0 Å². The Balaban J connectivity index is 2.10. The summed E-state index contributed by atoms with van der Waals surface area (Å²) in [6.45, 7) is 1.34. The molecule has 1 saturated heterocycles. The number of β-amino-alcohol motifs (C(OH)–C–C–N with tert-alkyl or cyclic N) is 1. The lowest BCUT2D eigenvalue weighted by Gasteiger charge is -1.97. The summed E-state index contributed by atoms with van der Waals surface area (Å²) in [4.78, 5) is 0. The van der Waals surface area contributed by atoms with Gasteiger partial charge in [0.15, 0.2) is 0 Å². The molecule has 7 heavy (non-hydrogen) atoms. The Hall–Kier alpha value is -0.0800. The monoisotopic (exact) mass is 100 g/mol. The number of aliphatic hydroxyl groups is 1. The van der Waals surface area contributed by atoms with E-state index in [0.29, 0.717) is 12.5 Å². The van der Waals surface area contributed by atoms with Crippen molar-refractivity contribution in [1.29, 1.82) is 0 Å². The lowest BCUT2D eigenvalue weighted by atomic mass is 10.3. The lowest BCUT2D eigenvalue weighted by Crippen LogP contribution is -2.19. The highest BCUT2D eigenvalue weighted by Crippen LogP contribution is 2.45. The summed E-state index contributed by atoms with van der Waals surface area (Å²) < 4.78 is 7.09. The normalized spacial score (nSPS) is 61.9. The molecule has 2 aliphatic rings. The minimum atomic E-state index is -0.429. The van der Waals surface area contributed by atoms with E-state index in [2.05, 4.69) is 0 Å². The van der Waals surface area contributed by atoms with Gasteiger partial charge in [-0.1, -0.05) is 0 Å². The maximum Gasteiger partial charge on any atom is 0.122 e. The fourth-order valence-corrected chi connectivity index (χ4v) is 1.21. The Morgan fingerprint density at radius 3 is 3.14 bits per heavy atom. The van der Waals surface area contributed by atoms with Crippen molar-refractivity contribution in [2.24, 2.45) is 5.92 Å². The molecule has 2 N–H and O–H groups in total. The third kappa shape index (κ3) is 0.359. The van der Waals surface area contributed by atoms with Crippen LogP contribution in [0.15, 0.2) is 0 Å². The van der Waals surface area contributed by atoms with Gasteiger partial charge in [0.2, 0.25) is 0 Å². The molecule has 1 aliphatic carbocycles. The van der Waals surface area contributed by atoms with Crippen molar-refractivity contribution in [2.75, 3.05) is 13.1 Å². The van der Waals surface area contributed by atoms with Crippen molar-refractivity contribution < 1.29 is 6.52 Å². The summed E-state index contributed by atoms with van der Waals surface area (Å²) in [6.07, 6.45) is 0.933. The Kier molecular flexibility index (Phi) is 0.374. The van der Waals surface area contributed by atoms with Crippen LogP contribution in [-0.4, -0.2) is 23.8 Å². The highest BCUT2D eigenvalue weighted by molar-refractivity contribution is 5.10. The molecular formula is C5H9NO. The van der Waals surface area contributed by atoms with Crippen LogP contribution in [0.5, 0.6) is 0 Å².